The number of carbonyl (C=O) groups is 3. The van der Waals surface area contributed by atoms with Crippen molar-refractivity contribution in [3.05, 3.63) is 83.7 Å². The van der Waals surface area contributed by atoms with E-state index in [2.05, 4.69) is 10.3 Å². The van der Waals surface area contributed by atoms with Crippen LogP contribution in [-0.4, -0.2) is 82.5 Å². The second-order valence-corrected chi connectivity index (χ2v) is 10.4. The molecule has 3 N–H and O–H groups in total. The zero-order valence-corrected chi connectivity index (χ0v) is 23.0. The number of H-pyrrole nitrogens is 1. The highest BCUT2D eigenvalue weighted by Crippen LogP contribution is 2.25. The van der Waals surface area contributed by atoms with Crippen LogP contribution in [0.15, 0.2) is 66.9 Å². The predicted molar refractivity (Wildman–Crippen MR) is 151 cm³/mol. The summed E-state index contributed by atoms with van der Waals surface area (Å²) >= 11 is 0. The van der Waals surface area contributed by atoms with Gasteiger partial charge in [-0.15, -0.1) is 0 Å². The normalized spacial score (nSPS) is 20.3. The average Bonchev–Trinajstić information content (AvgIpc) is 3.53. The van der Waals surface area contributed by atoms with E-state index in [-0.39, 0.29) is 56.5 Å². The Kier molecular flexibility index (Phi) is 9.33. The molecule has 0 unspecified atom stereocenters. The Morgan fingerprint density at radius 2 is 1.85 bits per heavy atom. The van der Waals surface area contributed by atoms with Gasteiger partial charge in [0, 0.05) is 38.9 Å². The quantitative estimate of drug-likeness (QED) is 0.451. The zero-order valence-electron chi connectivity index (χ0n) is 23.0. The molecule has 6 rings (SSSR count). The summed E-state index contributed by atoms with van der Waals surface area (Å²) in [5, 5.41) is 12.4. The molecule has 0 spiro atoms. The van der Waals surface area contributed by atoms with Crippen LogP contribution in [0.5, 0.6) is 11.5 Å². The summed E-state index contributed by atoms with van der Waals surface area (Å²) < 4.78 is 12.4. The second-order valence-electron chi connectivity index (χ2n) is 10.4. The van der Waals surface area contributed by atoms with Gasteiger partial charge in [0.1, 0.15) is 17.2 Å². The number of aryl methyl sites for hydroxylation is 1. The molecule has 2 aromatic carbocycles. The number of carbonyl (C=O) groups excluding carboxylic acids is 3. The number of nitrogens with zero attached hydrogens (tertiary/aromatic N) is 2. The van der Waals surface area contributed by atoms with Crippen LogP contribution in [0, 0.1) is 0 Å². The number of aliphatic hydroxyl groups is 1. The number of rotatable bonds is 4. The highest BCUT2D eigenvalue weighted by Gasteiger charge is 2.34. The molecule has 3 aromatic rings. The van der Waals surface area contributed by atoms with Gasteiger partial charge < -0.3 is 34.7 Å². The number of aliphatic hydroxyl groups excluding tert-OH is 1. The van der Waals surface area contributed by atoms with E-state index in [0.29, 0.717) is 49.6 Å². The first-order valence-corrected chi connectivity index (χ1v) is 14.1. The maximum Gasteiger partial charge on any atom is 0.270 e. The lowest BCUT2D eigenvalue weighted by atomic mass is 10.0. The Morgan fingerprint density at radius 1 is 1.00 bits per heavy atom. The molecular formula is C31H36N4O6. The van der Waals surface area contributed by atoms with Gasteiger partial charge in [-0.05, 0) is 66.8 Å². The Labute approximate surface area is 239 Å². The molecule has 10 heteroatoms. The zero-order chi connectivity index (χ0) is 28.6. The highest BCUT2D eigenvalue weighted by atomic mass is 16.5. The number of hydrogen-bond acceptors (Lipinski definition) is 6. The molecule has 3 amide bonds. The number of aromatic amines is 1. The van der Waals surface area contributed by atoms with E-state index in [4.69, 9.17) is 9.47 Å². The Balaban J connectivity index is 1.38. The fraction of sp³-hybridized carbons (Fsp3) is 0.387. The molecule has 4 heterocycles. The number of likely N-dealkylation sites (tertiary alicyclic amines) is 1. The topological polar surface area (TPSA) is 124 Å². The SMILES string of the molecule is O=C1CN(CCCO)C(=O)CCc2ccc(cc2)Oc2cccc(c2)CO[C@H]2CCN(C(=O)c3ccc[nH]3)C[C@@H]2N1. The molecule has 1 fully saturated rings. The third-order valence-corrected chi connectivity index (χ3v) is 7.43. The molecule has 1 aromatic heterocycles. The van der Waals surface area contributed by atoms with Crippen molar-refractivity contribution in [2.45, 2.75) is 44.4 Å². The lowest BCUT2D eigenvalue weighted by Gasteiger charge is -2.39. The molecule has 4 bridgehead atoms. The minimum atomic E-state index is -0.471. The number of amides is 3. The molecule has 0 saturated carbocycles. The minimum absolute atomic E-state index is 0.0814. The Morgan fingerprint density at radius 3 is 2.63 bits per heavy atom. The van der Waals surface area contributed by atoms with Gasteiger partial charge in [-0.2, -0.15) is 0 Å². The molecule has 0 radical (unpaired) electrons. The molecule has 0 aliphatic carbocycles. The molecular weight excluding hydrogens is 524 g/mol. The number of hydrogen-bond donors (Lipinski definition) is 3. The number of fused-ring (bicyclic) bond motifs is 9. The van der Waals surface area contributed by atoms with Gasteiger partial charge >= 0.3 is 0 Å². The lowest BCUT2D eigenvalue weighted by molar-refractivity contribution is -0.137. The molecule has 3 aliphatic rings. The van der Waals surface area contributed by atoms with E-state index in [1.165, 1.54) is 4.90 Å². The van der Waals surface area contributed by atoms with Gasteiger partial charge in [-0.1, -0.05) is 24.3 Å². The van der Waals surface area contributed by atoms with E-state index >= 15 is 0 Å². The first-order valence-electron chi connectivity index (χ1n) is 14.1. The molecule has 10 nitrogen and oxygen atoms in total. The van der Waals surface area contributed by atoms with E-state index in [9.17, 15) is 19.5 Å². The summed E-state index contributed by atoms with van der Waals surface area (Å²) in [6.45, 7) is 1.11. The molecule has 1 saturated heterocycles. The summed E-state index contributed by atoms with van der Waals surface area (Å²) in [4.78, 5) is 45.6. The lowest BCUT2D eigenvalue weighted by Crippen LogP contribution is -2.58. The molecule has 41 heavy (non-hydrogen) atoms. The van der Waals surface area contributed by atoms with Crippen molar-refractivity contribution >= 4 is 17.7 Å². The summed E-state index contributed by atoms with van der Waals surface area (Å²) in [7, 11) is 0. The van der Waals surface area contributed by atoms with Gasteiger partial charge in [0.2, 0.25) is 11.8 Å². The van der Waals surface area contributed by atoms with Crippen molar-refractivity contribution in [2.75, 3.05) is 32.8 Å². The number of aromatic nitrogens is 1. The van der Waals surface area contributed by atoms with Crippen LogP contribution in [0.25, 0.3) is 0 Å². The summed E-state index contributed by atoms with van der Waals surface area (Å²) in [5.74, 6) is 0.733. The smallest absolute Gasteiger partial charge is 0.270 e. The van der Waals surface area contributed by atoms with Crippen molar-refractivity contribution in [3.8, 4) is 11.5 Å². The molecule has 216 valence electrons. The van der Waals surface area contributed by atoms with Crippen molar-refractivity contribution in [1.82, 2.24) is 20.1 Å². The van der Waals surface area contributed by atoms with Crippen LogP contribution in [-0.2, 0) is 27.4 Å². The largest absolute Gasteiger partial charge is 0.457 e. The molecule has 3 aliphatic heterocycles. The predicted octanol–water partition coefficient (Wildman–Crippen LogP) is 2.88. The molecule has 2 atom stereocenters. The van der Waals surface area contributed by atoms with E-state index in [1.807, 2.05) is 48.5 Å². The van der Waals surface area contributed by atoms with Crippen LogP contribution >= 0.6 is 0 Å². The maximum absolute atomic E-state index is 13.3. The first kappa shape index (κ1) is 28.4. The highest BCUT2D eigenvalue weighted by molar-refractivity contribution is 5.92. The van der Waals surface area contributed by atoms with Gasteiger partial charge in [0.05, 0.1) is 25.3 Å². The number of piperidine rings is 1. The van der Waals surface area contributed by atoms with Crippen LogP contribution in [0.1, 0.15) is 40.9 Å². The number of ether oxygens (including phenoxy) is 2. The Bertz CT molecular complexity index is 1330. The standard InChI is InChI=1S/C31H36N4O6/c36-17-3-15-34-20-29(37)33-27-19-35(31(39)26-6-2-14-32-26)16-13-28(27)40-21-23-4-1-5-25(18-23)41-24-10-7-22(8-11-24)9-12-30(34)38/h1-2,4-8,10-11,14,18,27-28,32,36H,3,9,12-13,15-17,19-21H2,(H,33,37)/t27-,28-/m0/s1. The fourth-order valence-corrected chi connectivity index (χ4v) is 5.24. The third kappa shape index (κ3) is 7.53. The summed E-state index contributed by atoms with van der Waals surface area (Å²) in [6.07, 6.45) is 3.01. The van der Waals surface area contributed by atoms with E-state index in [0.717, 1.165) is 11.1 Å². The van der Waals surface area contributed by atoms with Crippen LogP contribution < -0.4 is 10.1 Å². The van der Waals surface area contributed by atoms with Crippen molar-refractivity contribution in [3.63, 3.8) is 0 Å². The second kappa shape index (κ2) is 13.5. The van der Waals surface area contributed by atoms with E-state index < -0.39 is 6.04 Å². The third-order valence-electron chi connectivity index (χ3n) is 7.43. The van der Waals surface area contributed by atoms with Gasteiger partial charge in [-0.25, -0.2) is 0 Å². The maximum atomic E-state index is 13.3. The van der Waals surface area contributed by atoms with E-state index in [1.54, 1.807) is 23.2 Å². The van der Waals surface area contributed by atoms with Gasteiger partial charge in [0.15, 0.2) is 0 Å². The minimum Gasteiger partial charge on any atom is -0.457 e. The van der Waals surface area contributed by atoms with Gasteiger partial charge in [0.25, 0.3) is 5.91 Å². The van der Waals surface area contributed by atoms with Crippen molar-refractivity contribution in [1.29, 1.82) is 0 Å². The summed E-state index contributed by atoms with van der Waals surface area (Å²) in [5.41, 5.74) is 2.39. The number of benzene rings is 2. The monoisotopic (exact) mass is 560 g/mol. The number of nitrogens with one attached hydrogen (secondary N) is 2. The van der Waals surface area contributed by atoms with Crippen molar-refractivity contribution in [2.24, 2.45) is 0 Å². The van der Waals surface area contributed by atoms with Crippen LogP contribution in [0.4, 0.5) is 0 Å². The Hall–Kier alpha value is -4.15. The van der Waals surface area contributed by atoms with Crippen molar-refractivity contribution < 1.29 is 29.0 Å². The van der Waals surface area contributed by atoms with Gasteiger partial charge in [-0.3, -0.25) is 14.4 Å². The fourth-order valence-electron chi connectivity index (χ4n) is 5.24. The summed E-state index contributed by atoms with van der Waals surface area (Å²) in [6, 6.07) is 18.3. The first-order chi connectivity index (χ1) is 20.0. The van der Waals surface area contributed by atoms with Crippen LogP contribution in [0.3, 0.4) is 0 Å². The van der Waals surface area contributed by atoms with Crippen LogP contribution in [0.2, 0.25) is 0 Å². The average molecular weight is 561 g/mol.